The van der Waals surface area contributed by atoms with E-state index in [0.29, 0.717) is 5.56 Å². The summed E-state index contributed by atoms with van der Waals surface area (Å²) in [5.74, 6) is -0.360. The molecule has 0 radical (unpaired) electrons. The third-order valence-electron chi connectivity index (χ3n) is 2.62. The van der Waals surface area contributed by atoms with Gasteiger partial charge in [0, 0.05) is 0 Å². The lowest BCUT2D eigenvalue weighted by Crippen LogP contribution is -2.22. The fraction of sp³-hybridized carbons (Fsp3) is 0.500. The molecule has 0 aliphatic heterocycles. The van der Waals surface area contributed by atoms with Crippen LogP contribution in [-0.4, -0.2) is 23.8 Å². The molecular formula is C14H20O3. The highest BCUT2D eigenvalue weighted by Gasteiger charge is 2.14. The SMILES string of the molecule is CCCCC[C@@H](CO)OC(=O)c1ccccc1. The zero-order valence-electron chi connectivity index (χ0n) is 10.3. The first kappa shape index (κ1) is 13.7. The summed E-state index contributed by atoms with van der Waals surface area (Å²) in [6, 6.07) is 8.86. The lowest BCUT2D eigenvalue weighted by molar-refractivity contribution is 0.0108. The predicted molar refractivity (Wildman–Crippen MR) is 66.9 cm³/mol. The highest BCUT2D eigenvalue weighted by Crippen LogP contribution is 2.09. The van der Waals surface area contributed by atoms with Crippen LogP contribution in [0.15, 0.2) is 30.3 Å². The Morgan fingerprint density at radius 3 is 2.59 bits per heavy atom. The maximum atomic E-state index is 11.7. The molecule has 0 aromatic heterocycles. The van der Waals surface area contributed by atoms with E-state index in [1.165, 1.54) is 0 Å². The van der Waals surface area contributed by atoms with Gasteiger partial charge in [0.05, 0.1) is 12.2 Å². The van der Waals surface area contributed by atoms with Gasteiger partial charge in [0.2, 0.25) is 0 Å². The van der Waals surface area contributed by atoms with Crippen LogP contribution in [0.3, 0.4) is 0 Å². The lowest BCUT2D eigenvalue weighted by Gasteiger charge is -2.15. The first-order chi connectivity index (χ1) is 8.27. The van der Waals surface area contributed by atoms with Gasteiger partial charge in [-0.05, 0) is 25.0 Å². The van der Waals surface area contributed by atoms with Crippen LogP contribution in [0.25, 0.3) is 0 Å². The summed E-state index contributed by atoms with van der Waals surface area (Å²) in [6.45, 7) is 2.01. The normalized spacial score (nSPS) is 12.1. The van der Waals surface area contributed by atoms with E-state index in [4.69, 9.17) is 9.84 Å². The molecule has 0 saturated heterocycles. The Morgan fingerprint density at radius 2 is 2.00 bits per heavy atom. The van der Waals surface area contributed by atoms with Crippen LogP contribution >= 0.6 is 0 Å². The van der Waals surface area contributed by atoms with Crippen LogP contribution in [0, 0.1) is 0 Å². The standard InChI is InChI=1S/C14H20O3/c1-2-3-5-10-13(11-15)17-14(16)12-8-6-4-7-9-12/h4,6-9,13,15H,2-3,5,10-11H2,1H3/t13-/m0/s1. The zero-order chi connectivity index (χ0) is 12.5. The summed E-state index contributed by atoms with van der Waals surface area (Å²) in [4.78, 5) is 11.7. The molecule has 0 heterocycles. The number of benzene rings is 1. The second-order valence-electron chi connectivity index (χ2n) is 4.07. The van der Waals surface area contributed by atoms with Crippen LogP contribution < -0.4 is 0 Å². The van der Waals surface area contributed by atoms with Gasteiger partial charge in [-0.25, -0.2) is 4.79 Å². The maximum absolute atomic E-state index is 11.7. The van der Waals surface area contributed by atoms with Crippen molar-refractivity contribution in [2.45, 2.75) is 38.7 Å². The number of aliphatic hydroxyl groups excluding tert-OH is 1. The third kappa shape index (κ3) is 5.00. The van der Waals surface area contributed by atoms with Crippen LogP contribution in [-0.2, 0) is 4.74 Å². The number of hydrogen-bond acceptors (Lipinski definition) is 3. The molecule has 0 aliphatic rings. The van der Waals surface area contributed by atoms with E-state index in [2.05, 4.69) is 6.92 Å². The van der Waals surface area contributed by atoms with Crippen LogP contribution in [0.2, 0.25) is 0 Å². The average Bonchev–Trinajstić information content (AvgIpc) is 2.38. The molecule has 0 amide bonds. The molecule has 0 fully saturated rings. The van der Waals surface area contributed by atoms with Crippen molar-refractivity contribution >= 4 is 5.97 Å². The number of ether oxygens (including phenoxy) is 1. The fourth-order valence-electron chi connectivity index (χ4n) is 1.60. The van der Waals surface area contributed by atoms with Crippen LogP contribution in [0.5, 0.6) is 0 Å². The van der Waals surface area contributed by atoms with Crippen LogP contribution in [0.1, 0.15) is 43.0 Å². The summed E-state index contributed by atoms with van der Waals surface area (Å²) in [7, 11) is 0. The number of aliphatic hydroxyl groups is 1. The Labute approximate surface area is 102 Å². The Balaban J connectivity index is 2.42. The van der Waals surface area contributed by atoms with Crippen molar-refractivity contribution < 1.29 is 14.6 Å². The van der Waals surface area contributed by atoms with Crippen molar-refractivity contribution in [2.75, 3.05) is 6.61 Å². The number of unbranched alkanes of at least 4 members (excludes halogenated alkanes) is 2. The largest absolute Gasteiger partial charge is 0.456 e. The summed E-state index contributed by atoms with van der Waals surface area (Å²) in [5.41, 5.74) is 0.529. The molecule has 0 unspecified atom stereocenters. The summed E-state index contributed by atoms with van der Waals surface area (Å²) in [6.07, 6.45) is 3.53. The minimum atomic E-state index is -0.380. The van der Waals surface area contributed by atoms with Crippen molar-refractivity contribution in [2.24, 2.45) is 0 Å². The van der Waals surface area contributed by atoms with E-state index in [0.717, 1.165) is 25.7 Å². The number of rotatable bonds is 7. The maximum Gasteiger partial charge on any atom is 0.338 e. The molecule has 1 rings (SSSR count). The third-order valence-corrected chi connectivity index (χ3v) is 2.62. The molecule has 1 atom stereocenters. The number of esters is 1. The highest BCUT2D eigenvalue weighted by molar-refractivity contribution is 5.89. The molecule has 1 aromatic rings. The molecule has 3 heteroatoms. The first-order valence-electron chi connectivity index (χ1n) is 6.14. The first-order valence-corrected chi connectivity index (χ1v) is 6.14. The van der Waals surface area contributed by atoms with Gasteiger partial charge < -0.3 is 9.84 Å². The summed E-state index contributed by atoms with van der Waals surface area (Å²) in [5, 5.41) is 9.14. The van der Waals surface area contributed by atoms with Crippen molar-refractivity contribution in [1.82, 2.24) is 0 Å². The minimum absolute atomic E-state index is 0.109. The van der Waals surface area contributed by atoms with Crippen LogP contribution in [0.4, 0.5) is 0 Å². The molecule has 1 N–H and O–H groups in total. The monoisotopic (exact) mass is 236 g/mol. The summed E-state index contributed by atoms with van der Waals surface area (Å²) < 4.78 is 5.24. The second kappa shape index (κ2) is 7.85. The topological polar surface area (TPSA) is 46.5 Å². The fourth-order valence-corrected chi connectivity index (χ4v) is 1.60. The zero-order valence-corrected chi connectivity index (χ0v) is 10.3. The quantitative estimate of drug-likeness (QED) is 0.585. The van der Waals surface area contributed by atoms with Gasteiger partial charge in [0.15, 0.2) is 0 Å². The molecule has 0 spiro atoms. The molecule has 0 bridgehead atoms. The molecule has 3 nitrogen and oxygen atoms in total. The van der Waals surface area contributed by atoms with Gasteiger partial charge in [-0.2, -0.15) is 0 Å². The molecule has 94 valence electrons. The van der Waals surface area contributed by atoms with Gasteiger partial charge >= 0.3 is 5.97 Å². The van der Waals surface area contributed by atoms with E-state index >= 15 is 0 Å². The Hall–Kier alpha value is -1.35. The number of hydrogen-bond donors (Lipinski definition) is 1. The average molecular weight is 236 g/mol. The van der Waals surface area contributed by atoms with E-state index in [-0.39, 0.29) is 18.7 Å². The van der Waals surface area contributed by atoms with E-state index < -0.39 is 0 Å². The van der Waals surface area contributed by atoms with Gasteiger partial charge in [-0.15, -0.1) is 0 Å². The van der Waals surface area contributed by atoms with Gasteiger partial charge in [0.1, 0.15) is 6.10 Å². The lowest BCUT2D eigenvalue weighted by atomic mass is 10.1. The second-order valence-corrected chi connectivity index (χ2v) is 4.07. The number of carbonyl (C=O) groups excluding carboxylic acids is 1. The van der Waals surface area contributed by atoms with Crippen molar-refractivity contribution in [3.63, 3.8) is 0 Å². The predicted octanol–water partition coefficient (Wildman–Crippen LogP) is 2.78. The van der Waals surface area contributed by atoms with Gasteiger partial charge in [-0.3, -0.25) is 0 Å². The molecule has 0 saturated carbocycles. The van der Waals surface area contributed by atoms with Crippen molar-refractivity contribution in [3.05, 3.63) is 35.9 Å². The molecule has 1 aromatic carbocycles. The number of carbonyl (C=O) groups is 1. The molecule has 17 heavy (non-hydrogen) atoms. The summed E-state index contributed by atoms with van der Waals surface area (Å²) >= 11 is 0. The van der Waals surface area contributed by atoms with Gasteiger partial charge in [-0.1, -0.05) is 38.0 Å². The van der Waals surface area contributed by atoms with Crippen molar-refractivity contribution in [1.29, 1.82) is 0 Å². The molecule has 0 aliphatic carbocycles. The minimum Gasteiger partial charge on any atom is -0.456 e. The smallest absolute Gasteiger partial charge is 0.338 e. The van der Waals surface area contributed by atoms with E-state index in [1.807, 2.05) is 6.07 Å². The van der Waals surface area contributed by atoms with E-state index in [9.17, 15) is 4.79 Å². The Kier molecular flexibility index (Phi) is 6.33. The molecular weight excluding hydrogens is 216 g/mol. The highest BCUT2D eigenvalue weighted by atomic mass is 16.6. The Morgan fingerprint density at radius 1 is 1.29 bits per heavy atom. The Bertz CT molecular complexity index is 321. The van der Waals surface area contributed by atoms with Crippen molar-refractivity contribution in [3.8, 4) is 0 Å². The van der Waals surface area contributed by atoms with E-state index in [1.54, 1.807) is 24.3 Å². The van der Waals surface area contributed by atoms with Gasteiger partial charge in [0.25, 0.3) is 0 Å².